The molecule has 0 aliphatic rings. The van der Waals surface area contributed by atoms with E-state index in [-0.39, 0.29) is 22.4 Å². The fraction of sp³-hybridized carbons (Fsp3) is 0.0500. The van der Waals surface area contributed by atoms with Crippen LogP contribution in [0.25, 0.3) is 16.9 Å². The molecule has 0 amide bonds. The molecule has 2 aromatic carbocycles. The van der Waals surface area contributed by atoms with Gasteiger partial charge in [-0.05, 0) is 0 Å². The summed E-state index contributed by atoms with van der Waals surface area (Å²) >= 11 is 0. The van der Waals surface area contributed by atoms with E-state index < -0.39 is 0 Å². The summed E-state index contributed by atoms with van der Waals surface area (Å²) in [6, 6.07) is 21.8. The van der Waals surface area contributed by atoms with Crippen LogP contribution in [0.2, 0.25) is 0 Å². The van der Waals surface area contributed by atoms with Crippen molar-refractivity contribution >= 4 is 0 Å². The Morgan fingerprint density at radius 2 is 1.80 bits per heavy atom. The number of aromatic nitrogens is 3. The number of hydrogen-bond acceptors (Lipinski definition) is 1. The minimum atomic E-state index is 0. The predicted molar refractivity (Wildman–Crippen MR) is 88.7 cm³/mol. The van der Waals surface area contributed by atoms with Crippen molar-refractivity contribution in [1.82, 2.24) is 9.55 Å². The van der Waals surface area contributed by atoms with Gasteiger partial charge in [-0.3, -0.25) is 0 Å². The maximum absolute atomic E-state index is 5.91. The summed E-state index contributed by atoms with van der Waals surface area (Å²) in [7, 11) is 1.93. The second-order valence-electron chi connectivity index (χ2n) is 5.33. The van der Waals surface area contributed by atoms with Crippen LogP contribution in [-0.2, 0) is 29.4 Å². The van der Waals surface area contributed by atoms with Crippen LogP contribution in [0, 0.1) is 18.5 Å². The zero-order valence-electron chi connectivity index (χ0n) is 13.4. The van der Waals surface area contributed by atoms with Gasteiger partial charge in [0, 0.05) is 46.3 Å². The first kappa shape index (κ1) is 17.3. The largest absolute Gasteiger partial charge is 0.708 e. The molecule has 4 rings (SSSR count). The zero-order chi connectivity index (χ0) is 16.4. The summed E-state index contributed by atoms with van der Waals surface area (Å²) in [4.78, 5) is 4.29. The fourth-order valence-corrected chi connectivity index (χ4v) is 2.41. The molecule has 1 radical (unpaired) electrons. The van der Waals surface area contributed by atoms with Crippen molar-refractivity contribution in [3.05, 3.63) is 85.6 Å². The van der Waals surface area contributed by atoms with E-state index in [1.807, 2.05) is 77.1 Å². The van der Waals surface area contributed by atoms with Crippen molar-refractivity contribution < 1.29 is 31.7 Å². The van der Waals surface area contributed by atoms with E-state index in [1.54, 1.807) is 6.20 Å². The Morgan fingerprint density at radius 1 is 1.00 bits per heavy atom. The van der Waals surface area contributed by atoms with Crippen molar-refractivity contribution in [2.75, 3.05) is 0 Å². The molecule has 0 bridgehead atoms. The molecule has 0 fully saturated rings. The summed E-state index contributed by atoms with van der Waals surface area (Å²) in [5.41, 5.74) is 2.65. The monoisotopic (exact) mass is 509 g/mol. The Hall–Kier alpha value is -2.53. The number of aryl methyl sites for hydroxylation is 1. The third-order valence-electron chi connectivity index (χ3n) is 3.54. The van der Waals surface area contributed by atoms with Gasteiger partial charge in [0.1, 0.15) is 0 Å². The topological polar surface area (TPSA) is 32.1 Å². The molecule has 0 aliphatic carbocycles. The number of nitrogens with zero attached hydrogens (tertiary/aromatic N) is 3. The normalized spacial score (nSPS) is 10.3. The fourth-order valence-electron chi connectivity index (χ4n) is 2.41. The van der Waals surface area contributed by atoms with E-state index in [4.69, 9.17) is 4.74 Å². The molecule has 0 saturated heterocycles. The van der Waals surface area contributed by atoms with Gasteiger partial charge >= 0.3 is 0 Å². The van der Waals surface area contributed by atoms with Crippen LogP contribution in [0.4, 0.5) is 0 Å². The molecule has 2 aromatic heterocycles. The Balaban J connectivity index is 0.00000182. The van der Waals surface area contributed by atoms with Gasteiger partial charge in [0.25, 0.3) is 0 Å². The number of imidazole rings is 1. The van der Waals surface area contributed by atoms with Gasteiger partial charge in [0.15, 0.2) is 0 Å². The maximum atomic E-state index is 5.91. The molecule has 4 nitrogen and oxygen atoms in total. The number of rotatable bonds is 4. The molecule has 0 N–H and O–H groups in total. The standard InChI is InChI=1S/C20H14N3O.Au/c1-22-11-12-23(15-22)17-6-3-8-19(14-17)24-18-7-2-5-16(13-18)20-9-4-10-21-20;/h2-12H,1H3;/q-3;. The molecule has 2 heterocycles. The minimum absolute atomic E-state index is 0. The van der Waals surface area contributed by atoms with E-state index in [2.05, 4.69) is 23.4 Å². The number of benzene rings is 2. The Kier molecular flexibility index (Phi) is 5.24. The Morgan fingerprint density at radius 3 is 2.52 bits per heavy atom. The average molecular weight is 509 g/mol. The molecule has 0 aliphatic heterocycles. The van der Waals surface area contributed by atoms with Crippen molar-refractivity contribution in [2.24, 2.45) is 7.05 Å². The van der Waals surface area contributed by atoms with Gasteiger partial charge in [-0.1, -0.05) is 17.8 Å². The minimum Gasteiger partial charge on any atom is -0.708 e. The quantitative estimate of drug-likeness (QED) is 0.241. The zero-order valence-corrected chi connectivity index (χ0v) is 15.6. The van der Waals surface area contributed by atoms with Crippen molar-refractivity contribution in [2.45, 2.75) is 0 Å². The van der Waals surface area contributed by atoms with E-state index in [0.29, 0.717) is 11.5 Å². The smallest absolute Gasteiger partial charge is 0.241 e. The molecule has 25 heavy (non-hydrogen) atoms. The maximum Gasteiger partial charge on any atom is 0.241 e. The van der Waals surface area contributed by atoms with E-state index >= 15 is 0 Å². The van der Waals surface area contributed by atoms with Crippen LogP contribution in [-0.4, -0.2) is 4.57 Å². The molecule has 129 valence electrons. The van der Waals surface area contributed by atoms with Gasteiger partial charge in [-0.2, -0.15) is 23.9 Å². The van der Waals surface area contributed by atoms with Gasteiger partial charge in [-0.15, -0.1) is 36.4 Å². The molecular formula is C20H14AuN3O-3. The van der Waals surface area contributed by atoms with E-state index in [1.165, 1.54) is 0 Å². The van der Waals surface area contributed by atoms with Crippen LogP contribution in [0.3, 0.4) is 0 Å². The first-order valence-corrected chi connectivity index (χ1v) is 7.55. The van der Waals surface area contributed by atoms with Crippen molar-refractivity contribution in [3.63, 3.8) is 0 Å². The first-order chi connectivity index (χ1) is 11.8. The van der Waals surface area contributed by atoms with E-state index in [9.17, 15) is 0 Å². The molecular weight excluding hydrogens is 495 g/mol. The van der Waals surface area contributed by atoms with Gasteiger partial charge < -0.3 is 18.9 Å². The molecule has 4 aromatic rings. The Bertz CT molecular complexity index is 961. The van der Waals surface area contributed by atoms with Gasteiger partial charge in [0.2, 0.25) is 6.33 Å². The third kappa shape index (κ3) is 3.94. The van der Waals surface area contributed by atoms with Crippen LogP contribution in [0.1, 0.15) is 0 Å². The summed E-state index contributed by atoms with van der Waals surface area (Å²) in [6.07, 6.45) is 8.75. The summed E-state index contributed by atoms with van der Waals surface area (Å²) < 4.78 is 9.63. The predicted octanol–water partition coefficient (Wildman–Crippen LogP) is 3.12. The van der Waals surface area contributed by atoms with Crippen molar-refractivity contribution in [3.8, 4) is 28.4 Å². The van der Waals surface area contributed by atoms with Gasteiger partial charge in [0.05, 0.1) is 7.05 Å². The molecule has 0 saturated carbocycles. The number of hydrogen-bond donors (Lipinski definition) is 0. The molecule has 0 unspecified atom stereocenters. The Labute approximate surface area is 162 Å². The third-order valence-corrected chi connectivity index (χ3v) is 3.54. The summed E-state index contributed by atoms with van der Waals surface area (Å²) in [5.74, 6) is 1.26. The van der Waals surface area contributed by atoms with E-state index in [0.717, 1.165) is 16.9 Å². The van der Waals surface area contributed by atoms with Crippen LogP contribution in [0.15, 0.2) is 67.1 Å². The molecule has 0 spiro atoms. The van der Waals surface area contributed by atoms with Crippen LogP contribution < -0.4 is 14.3 Å². The molecule has 0 atom stereocenters. The summed E-state index contributed by atoms with van der Waals surface area (Å²) in [6.45, 7) is 0. The molecule has 5 heteroatoms. The second kappa shape index (κ2) is 7.57. The van der Waals surface area contributed by atoms with Gasteiger partial charge in [-0.25, -0.2) is 5.69 Å². The summed E-state index contributed by atoms with van der Waals surface area (Å²) in [5, 5.41) is 0. The first-order valence-electron chi connectivity index (χ1n) is 7.55. The SMILES string of the molecule is C[n+]1[c-]n(-c2[c-]c(Oc3[c-]c(-c4ccc[n-]4)ccc3)ccc2)cc1.[Au]. The van der Waals surface area contributed by atoms with Crippen LogP contribution >= 0.6 is 0 Å². The number of ether oxygens (including phenoxy) is 1. The average Bonchev–Trinajstić information content (AvgIpc) is 3.27. The van der Waals surface area contributed by atoms with Crippen LogP contribution in [0.5, 0.6) is 11.5 Å². The van der Waals surface area contributed by atoms with Crippen molar-refractivity contribution in [1.29, 1.82) is 0 Å². The second-order valence-corrected chi connectivity index (χ2v) is 5.33.